The van der Waals surface area contributed by atoms with Gasteiger partial charge in [0.05, 0.1) is 0 Å². The van der Waals surface area contributed by atoms with Crippen molar-refractivity contribution in [3.05, 3.63) is 42.0 Å². The molecule has 0 aromatic heterocycles. The van der Waals surface area contributed by atoms with Gasteiger partial charge in [-0.05, 0) is 0 Å². The summed E-state index contributed by atoms with van der Waals surface area (Å²) in [7, 11) is 0. The maximum Gasteiger partial charge on any atom is -1.00 e. The van der Waals surface area contributed by atoms with E-state index in [1.165, 1.54) is 12.8 Å². The second-order valence-electron chi connectivity index (χ2n) is 7.62. The zero-order valence-electron chi connectivity index (χ0n) is 15.2. The molecular weight excluding hydrogens is 307 g/mol. The van der Waals surface area contributed by atoms with Crippen molar-refractivity contribution in [2.75, 3.05) is 0 Å². The molecule has 0 heterocycles. The molecule has 2 aliphatic rings. The third-order valence-corrected chi connectivity index (χ3v) is 7.59. The van der Waals surface area contributed by atoms with E-state index in [9.17, 15) is 0 Å². The fourth-order valence-electron chi connectivity index (χ4n) is 2.83. The van der Waals surface area contributed by atoms with Gasteiger partial charge in [0.25, 0.3) is 0 Å². The van der Waals surface area contributed by atoms with Crippen LogP contribution < -0.4 is 0 Å². The fourth-order valence-corrected chi connectivity index (χ4v) is 7.73. The molecule has 19 heavy (non-hydrogen) atoms. The first-order chi connectivity index (χ1) is 8.69. The van der Waals surface area contributed by atoms with Gasteiger partial charge in [-0.15, -0.1) is 0 Å². The number of hydrogen-bond acceptors (Lipinski definition) is 0. The van der Waals surface area contributed by atoms with Crippen molar-refractivity contribution in [2.24, 2.45) is 10.8 Å². The molecular formula is C18H28Zr. The first kappa shape index (κ1) is 15.2. The second-order valence-corrected chi connectivity index (χ2v) is 11.2. The molecule has 0 saturated carbocycles. The van der Waals surface area contributed by atoms with Crippen LogP contribution in [0.3, 0.4) is 0 Å². The summed E-state index contributed by atoms with van der Waals surface area (Å²) >= 11 is -0.575. The van der Waals surface area contributed by atoms with Gasteiger partial charge < -0.3 is 2.85 Å². The van der Waals surface area contributed by atoms with E-state index in [2.05, 4.69) is 65.8 Å². The van der Waals surface area contributed by atoms with Crippen molar-refractivity contribution in [2.45, 2.75) is 54.4 Å². The summed E-state index contributed by atoms with van der Waals surface area (Å²) in [4.78, 5) is 0. The van der Waals surface area contributed by atoms with E-state index < -0.39 is 23.2 Å². The average molecular weight is 336 g/mol. The van der Waals surface area contributed by atoms with Gasteiger partial charge in [0.2, 0.25) is 0 Å². The summed E-state index contributed by atoms with van der Waals surface area (Å²) < 4.78 is 3.60. The van der Waals surface area contributed by atoms with E-state index >= 15 is 0 Å². The Balaban J connectivity index is 0.00000200. The van der Waals surface area contributed by atoms with Gasteiger partial charge in [0.1, 0.15) is 0 Å². The largest absolute Gasteiger partial charge is 1.00 e. The van der Waals surface area contributed by atoms with Crippen LogP contribution in [0.4, 0.5) is 0 Å². The minimum atomic E-state index is -0.575. The monoisotopic (exact) mass is 334 g/mol. The molecule has 0 bridgehead atoms. The Kier molecular flexibility index (Phi) is 4.27. The Labute approximate surface area is 133 Å². The van der Waals surface area contributed by atoms with Gasteiger partial charge >= 0.3 is 130 Å². The van der Waals surface area contributed by atoms with Crippen LogP contribution >= 0.6 is 0 Å². The molecule has 2 rings (SSSR count). The Morgan fingerprint density at radius 2 is 1.16 bits per heavy atom. The van der Waals surface area contributed by atoms with Crippen molar-refractivity contribution in [3.63, 3.8) is 0 Å². The number of rotatable bonds is 2. The molecule has 0 spiro atoms. The summed E-state index contributed by atoms with van der Waals surface area (Å²) in [6.07, 6.45) is 12.0. The van der Waals surface area contributed by atoms with E-state index in [-0.39, 0.29) is 2.85 Å². The van der Waals surface area contributed by atoms with Gasteiger partial charge in [-0.3, -0.25) is 0 Å². The molecule has 104 valence electrons. The SMILES string of the molecule is CC(C)(C)C1=[C]([Zr+2][C]2=C(C(C)(C)C)C=CC2)CC=C1.[H-].[H-]. The van der Waals surface area contributed by atoms with Crippen LogP contribution in [0.15, 0.2) is 42.0 Å². The van der Waals surface area contributed by atoms with Crippen molar-refractivity contribution in [1.82, 2.24) is 0 Å². The topological polar surface area (TPSA) is 0 Å². The average Bonchev–Trinajstić information content (AvgIpc) is 2.83. The first-order valence-corrected chi connectivity index (χ1v) is 9.73. The Hall–Kier alpha value is -0.157. The Bertz CT molecular complexity index is 448. The molecule has 0 radical (unpaired) electrons. The van der Waals surface area contributed by atoms with Gasteiger partial charge in [0, 0.05) is 0 Å². The molecule has 2 aliphatic carbocycles. The van der Waals surface area contributed by atoms with Crippen LogP contribution in [0.2, 0.25) is 0 Å². The molecule has 0 nitrogen and oxygen atoms in total. The summed E-state index contributed by atoms with van der Waals surface area (Å²) in [6, 6.07) is 0. The summed E-state index contributed by atoms with van der Waals surface area (Å²) in [5.41, 5.74) is 3.90. The molecule has 0 atom stereocenters. The van der Waals surface area contributed by atoms with Crippen LogP contribution in [0.25, 0.3) is 0 Å². The summed E-state index contributed by atoms with van der Waals surface area (Å²) in [6.45, 7) is 14.1. The van der Waals surface area contributed by atoms with E-state index in [4.69, 9.17) is 0 Å². The van der Waals surface area contributed by atoms with Crippen LogP contribution in [-0.2, 0) is 23.2 Å². The second kappa shape index (κ2) is 5.32. The molecule has 0 aromatic rings. The molecule has 0 aliphatic heterocycles. The van der Waals surface area contributed by atoms with Crippen molar-refractivity contribution >= 4 is 0 Å². The Morgan fingerprint density at radius 1 is 0.789 bits per heavy atom. The molecule has 0 unspecified atom stereocenters. The van der Waals surface area contributed by atoms with Crippen molar-refractivity contribution < 1.29 is 26.1 Å². The minimum Gasteiger partial charge on any atom is -1.00 e. The van der Waals surface area contributed by atoms with Gasteiger partial charge in [-0.2, -0.15) is 0 Å². The van der Waals surface area contributed by atoms with Crippen LogP contribution in [0.5, 0.6) is 0 Å². The van der Waals surface area contributed by atoms with Crippen molar-refractivity contribution in [1.29, 1.82) is 0 Å². The summed E-state index contributed by atoms with van der Waals surface area (Å²) in [5, 5.41) is 0. The Morgan fingerprint density at radius 3 is 1.47 bits per heavy atom. The normalized spacial score (nSPS) is 19.7. The van der Waals surface area contributed by atoms with E-state index in [0.29, 0.717) is 10.8 Å². The maximum atomic E-state index is 2.38. The quantitative estimate of drug-likeness (QED) is 0.597. The molecule has 0 aromatic carbocycles. The van der Waals surface area contributed by atoms with Gasteiger partial charge in [0.15, 0.2) is 0 Å². The predicted molar refractivity (Wildman–Crippen MR) is 82.7 cm³/mol. The van der Waals surface area contributed by atoms with Gasteiger partial charge in [-0.25, -0.2) is 0 Å². The summed E-state index contributed by atoms with van der Waals surface area (Å²) in [5.74, 6) is 0. The smallest absolute Gasteiger partial charge is 1.00 e. The molecule has 1 heteroatoms. The zero-order valence-corrected chi connectivity index (χ0v) is 15.7. The van der Waals surface area contributed by atoms with E-state index in [0.717, 1.165) is 0 Å². The number of hydrogen-bond donors (Lipinski definition) is 0. The standard InChI is InChI=1S/2C9H13.Zr.2H/c2*1-9(2,3)8-6-4-5-7-8;;;/h2*4,6H,5H2,1-3H3;;;/q;;+2;2*-1. The predicted octanol–water partition coefficient (Wildman–Crippen LogP) is 5.81. The molecule has 0 fully saturated rings. The van der Waals surface area contributed by atoms with Crippen LogP contribution in [0, 0.1) is 10.8 Å². The van der Waals surface area contributed by atoms with E-state index in [1.807, 2.05) is 0 Å². The van der Waals surface area contributed by atoms with Crippen LogP contribution in [-0.4, -0.2) is 0 Å². The molecule has 0 amide bonds. The third-order valence-electron chi connectivity index (χ3n) is 3.78. The van der Waals surface area contributed by atoms with Crippen molar-refractivity contribution in [3.8, 4) is 0 Å². The molecule has 0 N–H and O–H groups in total. The number of allylic oxidation sites excluding steroid dienone is 8. The van der Waals surface area contributed by atoms with E-state index in [1.54, 1.807) is 17.7 Å². The molecule has 0 saturated heterocycles. The first-order valence-electron chi connectivity index (χ1n) is 7.27. The minimum absolute atomic E-state index is 0. The fraction of sp³-hybridized carbons (Fsp3) is 0.556. The zero-order chi connectivity index (χ0) is 14.3. The maximum absolute atomic E-state index is 2.38. The van der Waals surface area contributed by atoms with Gasteiger partial charge in [-0.1, -0.05) is 0 Å². The van der Waals surface area contributed by atoms with Crippen LogP contribution in [0.1, 0.15) is 57.2 Å². The third kappa shape index (κ3) is 3.49.